The summed E-state index contributed by atoms with van der Waals surface area (Å²) >= 11 is 0. The smallest absolute Gasteiger partial charge is 0.137 e. The second-order valence-corrected chi connectivity index (χ2v) is 13.1. The number of hydrogen-bond donors (Lipinski definition) is 0. The summed E-state index contributed by atoms with van der Waals surface area (Å²) < 4.78 is 218. The van der Waals surface area contributed by atoms with Crippen LogP contribution in [0, 0.1) is 0 Å². The van der Waals surface area contributed by atoms with Crippen LogP contribution in [0.25, 0.3) is 110 Å². The number of para-hydroxylation sites is 4. The average Bonchev–Trinajstić information content (AvgIpc) is 2.12. The average molecular weight is 750 g/mol. The monoisotopic (exact) mass is 749 g/mol. The first-order chi connectivity index (χ1) is 37.8. The Morgan fingerprint density at radius 1 is 0.368 bits per heavy atom. The first kappa shape index (κ1) is 16.6. The van der Waals surface area contributed by atoms with Crippen molar-refractivity contribution in [1.29, 1.82) is 0 Å². The Balaban J connectivity index is 1.19. The quantitative estimate of drug-likeness (QED) is 0.172. The van der Waals surface area contributed by atoms with E-state index < -0.39 is 138 Å². The van der Waals surface area contributed by atoms with Gasteiger partial charge in [0.25, 0.3) is 0 Å². The van der Waals surface area contributed by atoms with Crippen LogP contribution in [0.4, 0.5) is 0 Å². The molecule has 9 aromatic carbocycles. The van der Waals surface area contributed by atoms with E-state index in [0.717, 1.165) is 10.6 Å². The largest absolute Gasteiger partial charge is 0.456 e. The maximum atomic E-state index is 10.1. The van der Waals surface area contributed by atoms with Crippen LogP contribution in [0.1, 0.15) is 31.5 Å². The van der Waals surface area contributed by atoms with Gasteiger partial charge in [0, 0.05) is 55.3 Å². The number of aromatic nitrogens is 2. The second kappa shape index (κ2) is 12.5. The maximum Gasteiger partial charge on any atom is 0.137 e. The van der Waals surface area contributed by atoms with Crippen molar-refractivity contribution in [3.63, 3.8) is 0 Å². The summed E-state index contributed by atoms with van der Waals surface area (Å²) in [6, 6.07) is 2.49. The molecule has 0 spiro atoms. The van der Waals surface area contributed by atoms with Crippen molar-refractivity contribution in [2.75, 3.05) is 0 Å². The van der Waals surface area contributed by atoms with Gasteiger partial charge in [-0.15, -0.1) is 0 Å². The van der Waals surface area contributed by atoms with Crippen molar-refractivity contribution in [1.82, 2.24) is 9.13 Å². The number of nitrogens with zero attached hydrogens (tertiary/aromatic N) is 2. The molecule has 57 heavy (non-hydrogen) atoms. The fraction of sp³-hybridized carbons (Fsp3) is 0. The van der Waals surface area contributed by atoms with E-state index in [0.29, 0.717) is 5.69 Å². The zero-order chi connectivity index (χ0) is 57.5. The third-order valence-electron chi connectivity index (χ3n) is 9.97. The summed E-state index contributed by atoms with van der Waals surface area (Å²) in [5, 5.41) is -1.45. The van der Waals surface area contributed by atoms with Gasteiger partial charge in [0.1, 0.15) is 11.2 Å². The van der Waals surface area contributed by atoms with E-state index in [1.54, 1.807) is 30.3 Å². The molecule has 0 amide bonds. The maximum absolute atomic E-state index is 10.1. The van der Waals surface area contributed by atoms with Crippen LogP contribution in [0.5, 0.6) is 0 Å². The van der Waals surface area contributed by atoms with Gasteiger partial charge in [-0.05, 0) is 82.3 Å². The molecule has 0 saturated carbocycles. The number of furan rings is 1. The summed E-state index contributed by atoms with van der Waals surface area (Å²) in [6.07, 6.45) is 0. The molecular weight excluding hydrogens is 693 g/mol. The van der Waals surface area contributed by atoms with E-state index in [4.69, 9.17) is 23.6 Å². The molecule has 0 aliphatic rings. The van der Waals surface area contributed by atoms with E-state index >= 15 is 0 Å². The molecule has 0 unspecified atom stereocenters. The number of benzene rings is 9. The molecule has 3 aromatic heterocycles. The van der Waals surface area contributed by atoms with E-state index in [-0.39, 0.29) is 106 Å². The topological polar surface area (TPSA) is 23.0 Å². The summed E-state index contributed by atoms with van der Waals surface area (Å²) in [6.45, 7) is 0. The molecule has 0 fully saturated rings. The van der Waals surface area contributed by atoms with Crippen molar-refractivity contribution >= 4 is 65.6 Å². The highest BCUT2D eigenvalue weighted by Gasteiger charge is 2.20. The summed E-state index contributed by atoms with van der Waals surface area (Å²) in [5.41, 5.74) is -2.78. The molecule has 266 valence electrons. The fourth-order valence-corrected chi connectivity index (χ4v) is 7.50. The van der Waals surface area contributed by atoms with Gasteiger partial charge < -0.3 is 13.6 Å². The zero-order valence-corrected chi connectivity index (χ0v) is 29.2. The van der Waals surface area contributed by atoms with Crippen molar-refractivity contribution in [3.8, 4) is 44.8 Å². The van der Waals surface area contributed by atoms with Crippen LogP contribution in [0.15, 0.2) is 210 Å². The van der Waals surface area contributed by atoms with E-state index in [2.05, 4.69) is 0 Å². The lowest BCUT2D eigenvalue weighted by Crippen LogP contribution is -1.95. The molecule has 12 rings (SSSR count). The van der Waals surface area contributed by atoms with E-state index in [1.807, 2.05) is 0 Å². The Kier molecular flexibility index (Phi) is 3.63. The van der Waals surface area contributed by atoms with Crippen molar-refractivity contribution < 1.29 is 35.9 Å². The van der Waals surface area contributed by atoms with Gasteiger partial charge in [-0.25, -0.2) is 0 Å². The van der Waals surface area contributed by atoms with Crippen LogP contribution >= 0.6 is 0 Å². The van der Waals surface area contributed by atoms with Gasteiger partial charge in [-0.3, -0.25) is 0 Å². The number of fused-ring (bicyclic) bond motifs is 9. The Hall–Kier alpha value is -7.62. The molecule has 0 saturated heterocycles. The lowest BCUT2D eigenvalue weighted by molar-refractivity contribution is 0.668. The van der Waals surface area contributed by atoms with Crippen LogP contribution in [0.3, 0.4) is 0 Å². The molecule has 3 heteroatoms. The molecule has 0 aliphatic heterocycles. The predicted molar refractivity (Wildman–Crippen MR) is 239 cm³/mol. The van der Waals surface area contributed by atoms with E-state index in [1.165, 1.54) is 34.9 Å². The van der Waals surface area contributed by atoms with Gasteiger partial charge in [0.2, 0.25) is 0 Å². The first-order valence-electron chi connectivity index (χ1n) is 29.1. The molecular formula is C54H34N2O. The Morgan fingerprint density at radius 3 is 1.96 bits per heavy atom. The fourth-order valence-electron chi connectivity index (χ4n) is 7.50. The highest BCUT2D eigenvalue weighted by molar-refractivity contribution is 6.16. The van der Waals surface area contributed by atoms with Crippen LogP contribution in [-0.4, -0.2) is 9.13 Å². The molecule has 0 aliphatic carbocycles. The minimum Gasteiger partial charge on any atom is -0.456 e. The van der Waals surface area contributed by atoms with Crippen LogP contribution in [-0.2, 0) is 0 Å². The third-order valence-corrected chi connectivity index (χ3v) is 9.97. The molecule has 0 atom stereocenters. The summed E-state index contributed by atoms with van der Waals surface area (Å²) in [4.78, 5) is 0. The molecule has 3 nitrogen and oxygen atoms in total. The third kappa shape index (κ3) is 4.86. The zero-order valence-electron chi connectivity index (χ0n) is 52.2. The van der Waals surface area contributed by atoms with Gasteiger partial charge >= 0.3 is 0 Å². The lowest BCUT2D eigenvalue weighted by atomic mass is 9.97. The lowest BCUT2D eigenvalue weighted by Gasteiger charge is -2.12. The minimum atomic E-state index is -0.774. The van der Waals surface area contributed by atoms with Gasteiger partial charge in [0.15, 0.2) is 0 Å². The van der Waals surface area contributed by atoms with Gasteiger partial charge in [-0.1, -0.05) is 145 Å². The molecule has 12 aromatic rings. The Morgan fingerprint density at radius 2 is 1.11 bits per heavy atom. The first-order valence-corrected chi connectivity index (χ1v) is 17.6. The number of rotatable bonds is 5. The predicted octanol–water partition coefficient (Wildman–Crippen LogP) is 14.8. The highest BCUT2D eigenvalue weighted by Crippen LogP contribution is 2.42. The van der Waals surface area contributed by atoms with Gasteiger partial charge in [-0.2, -0.15) is 0 Å². The molecule has 3 heterocycles. The highest BCUT2D eigenvalue weighted by atomic mass is 16.3. The number of hydrogen-bond acceptors (Lipinski definition) is 1. The summed E-state index contributed by atoms with van der Waals surface area (Å²) in [7, 11) is 0. The Bertz CT molecular complexity index is 4850. The standard InChI is InChI=1S/C54H34N2O/c1-3-13-35(14-4-1)36-25-27-37(28-26-36)41-19-12-24-51-53(41)46-31-30-40(34-52(46)57-51)55-48-22-9-8-18-44(48)47-33-38(29-32-50(47)55)42-20-11-21-45-43-17-7-10-23-49(43)56(54(42)45)39-15-5-2-6-16-39/h1-34H/i3D,4D,7D,8D,9D,10D,11D,12D,17D,18D,19D,20D,21D,22D,23D,24D,25D,26D,27D,30D,31D,33D,34D. The molecule has 0 radical (unpaired) electrons. The van der Waals surface area contributed by atoms with E-state index in [9.17, 15) is 12.3 Å². The van der Waals surface area contributed by atoms with Crippen LogP contribution in [0.2, 0.25) is 0 Å². The molecule has 0 bridgehead atoms. The minimum absolute atomic E-state index is 0.0494. The summed E-state index contributed by atoms with van der Waals surface area (Å²) in [5.74, 6) is 0. The second-order valence-electron chi connectivity index (χ2n) is 13.1. The SMILES string of the molecule is [2H]c1cc([2H])cc(-c2c([2H])cc(-c3c([2H])c([2H])c([2H])c4oc5c([2H])c(-n6c7ccc(-c8c([2H])c([2H])c([2H])c9c%10c([2H])c([2H])c([2H])c([2H])c%10n(-c%10ccccc%10)c89)c([2H])c7c7c([2H])c([2H])c([2H])c([2H])c76)c([2H])c([2H])c5c34)c([2H])c2[2H])c1. The Labute approximate surface area is 361 Å². The van der Waals surface area contributed by atoms with Crippen molar-refractivity contribution in [2.24, 2.45) is 0 Å². The van der Waals surface area contributed by atoms with Gasteiger partial charge in [0.05, 0.1) is 53.6 Å². The normalized spacial score (nSPS) is 17.5. The molecule has 0 N–H and O–H groups in total. The van der Waals surface area contributed by atoms with Crippen LogP contribution < -0.4 is 0 Å². The van der Waals surface area contributed by atoms with Crippen molar-refractivity contribution in [2.45, 2.75) is 0 Å². The van der Waals surface area contributed by atoms with Crippen molar-refractivity contribution in [3.05, 3.63) is 206 Å².